The van der Waals surface area contributed by atoms with Crippen molar-refractivity contribution in [2.45, 2.75) is 187 Å². The fraction of sp³-hybridized carbons (Fsp3) is 0.585. The average molecular weight is 861 g/mol. The third-order valence-electron chi connectivity index (χ3n) is 9.77. The van der Waals surface area contributed by atoms with E-state index in [-0.39, 0.29) is 30.9 Å². The van der Waals surface area contributed by atoms with Crippen molar-refractivity contribution in [2.24, 2.45) is 0 Å². The SMILES string of the molecule is CC/C=C\C/C=C\C/C=C\C/C=C\C/C=C\CCCCCC(=O)OC(CCCC/C=C\C/C=C\C/C=C\C/C=C\CC)CCCCCCCC(=O)NCC(=O)NC(CO)C(=O)O. The molecule has 0 radical (unpaired) electrons. The molecule has 62 heavy (non-hydrogen) atoms. The molecule has 0 spiro atoms. The average Bonchev–Trinajstić information content (AvgIpc) is 3.26. The van der Waals surface area contributed by atoms with Crippen molar-refractivity contribution in [3.05, 3.63) is 109 Å². The van der Waals surface area contributed by atoms with Crippen LogP contribution in [0.3, 0.4) is 0 Å². The van der Waals surface area contributed by atoms with Crippen LogP contribution < -0.4 is 10.6 Å². The number of allylic oxidation sites excluding steroid dienone is 18. The molecule has 0 aromatic heterocycles. The topological polar surface area (TPSA) is 142 Å². The number of carbonyl (C=O) groups excluding carboxylic acids is 3. The van der Waals surface area contributed by atoms with E-state index < -0.39 is 24.5 Å². The highest BCUT2D eigenvalue weighted by molar-refractivity contribution is 5.87. The Morgan fingerprint density at radius 2 is 0.871 bits per heavy atom. The van der Waals surface area contributed by atoms with Crippen molar-refractivity contribution < 1.29 is 34.1 Å². The predicted molar refractivity (Wildman–Crippen MR) is 259 cm³/mol. The highest BCUT2D eigenvalue weighted by Gasteiger charge is 2.19. The number of aliphatic hydroxyl groups is 1. The molecule has 4 N–H and O–H groups in total. The highest BCUT2D eigenvalue weighted by atomic mass is 16.5. The fourth-order valence-electron chi connectivity index (χ4n) is 6.20. The van der Waals surface area contributed by atoms with E-state index in [0.717, 1.165) is 141 Å². The van der Waals surface area contributed by atoms with E-state index >= 15 is 0 Å². The standard InChI is InChI=1S/C53H84N2O7/c1-3-5-7-9-11-13-15-17-19-20-21-22-24-26-28-30-32-37-41-45-52(59)62-48(42-38-34-31-29-27-25-23-18-16-14-12-10-8-6-4-2)43-39-35-33-36-40-44-50(57)54-46-51(58)55-49(47-56)53(60)61/h5-8,11-14,17-19,21-23,26-29,48-49,56H,3-4,9-10,15-16,20,24-25,30-47H2,1-2H3,(H,54,57)(H,55,58)(H,60,61)/b7-5-,8-6-,13-11-,14-12-,19-17-,22-21-,23-18-,28-26-,29-27-. The summed E-state index contributed by atoms with van der Waals surface area (Å²) in [7, 11) is 0. The van der Waals surface area contributed by atoms with Gasteiger partial charge in [-0.2, -0.15) is 0 Å². The molecule has 0 aliphatic carbocycles. The van der Waals surface area contributed by atoms with Crippen LogP contribution in [0.2, 0.25) is 0 Å². The van der Waals surface area contributed by atoms with Gasteiger partial charge < -0.3 is 25.6 Å². The molecule has 0 aromatic rings. The van der Waals surface area contributed by atoms with Crippen LogP contribution in [-0.4, -0.2) is 59.3 Å². The number of aliphatic carboxylic acids is 1. The van der Waals surface area contributed by atoms with Crippen LogP contribution in [0.1, 0.15) is 174 Å². The van der Waals surface area contributed by atoms with Crippen molar-refractivity contribution in [1.82, 2.24) is 10.6 Å². The van der Waals surface area contributed by atoms with Gasteiger partial charge in [0.2, 0.25) is 11.8 Å². The Kier molecular flexibility index (Phi) is 42.7. The molecule has 0 saturated heterocycles. The third-order valence-corrected chi connectivity index (χ3v) is 9.77. The summed E-state index contributed by atoms with van der Waals surface area (Å²) in [4.78, 5) is 47.7. The molecular formula is C53H84N2O7. The zero-order valence-corrected chi connectivity index (χ0v) is 38.6. The van der Waals surface area contributed by atoms with Crippen LogP contribution in [0.4, 0.5) is 0 Å². The van der Waals surface area contributed by atoms with Gasteiger partial charge in [0.25, 0.3) is 0 Å². The Labute approximate surface area is 376 Å². The summed E-state index contributed by atoms with van der Waals surface area (Å²) in [6.07, 6.45) is 62.5. The number of nitrogens with one attached hydrogen (secondary N) is 2. The first-order valence-electron chi connectivity index (χ1n) is 23.8. The Balaban J connectivity index is 4.50. The van der Waals surface area contributed by atoms with E-state index in [1.165, 1.54) is 0 Å². The molecule has 2 amide bonds. The van der Waals surface area contributed by atoms with Crippen LogP contribution >= 0.6 is 0 Å². The molecular weight excluding hydrogens is 777 g/mol. The lowest BCUT2D eigenvalue weighted by Gasteiger charge is -2.18. The van der Waals surface area contributed by atoms with Crippen molar-refractivity contribution >= 4 is 23.8 Å². The summed E-state index contributed by atoms with van der Waals surface area (Å²) < 4.78 is 6.02. The zero-order valence-electron chi connectivity index (χ0n) is 38.6. The number of hydrogen-bond acceptors (Lipinski definition) is 6. The number of ether oxygens (including phenoxy) is 1. The summed E-state index contributed by atoms with van der Waals surface area (Å²) in [5.74, 6) is -2.38. The summed E-state index contributed by atoms with van der Waals surface area (Å²) in [6, 6.07) is -1.39. The maximum Gasteiger partial charge on any atom is 0.328 e. The summed E-state index contributed by atoms with van der Waals surface area (Å²) >= 11 is 0. The number of amides is 2. The second kappa shape index (κ2) is 46.0. The molecule has 0 bridgehead atoms. The lowest BCUT2D eigenvalue weighted by Crippen LogP contribution is -2.47. The predicted octanol–water partition coefficient (Wildman–Crippen LogP) is 12.4. The minimum Gasteiger partial charge on any atom is -0.480 e. The Bertz CT molecular complexity index is 1400. The highest BCUT2D eigenvalue weighted by Crippen LogP contribution is 2.18. The first-order valence-corrected chi connectivity index (χ1v) is 23.8. The van der Waals surface area contributed by atoms with Crippen LogP contribution in [0.15, 0.2) is 109 Å². The molecule has 0 aliphatic heterocycles. The number of hydrogen-bond donors (Lipinski definition) is 4. The second-order valence-corrected chi connectivity index (χ2v) is 15.4. The number of aliphatic hydroxyl groups excluding tert-OH is 1. The molecule has 348 valence electrons. The minimum absolute atomic E-state index is 0.0790. The van der Waals surface area contributed by atoms with Crippen molar-refractivity contribution in [1.29, 1.82) is 0 Å². The normalized spacial score (nSPS) is 13.5. The smallest absolute Gasteiger partial charge is 0.328 e. The number of carbonyl (C=O) groups is 4. The number of unbranched alkanes of at least 4 members (excludes halogenated alkanes) is 9. The van der Waals surface area contributed by atoms with Gasteiger partial charge in [-0.15, -0.1) is 0 Å². The van der Waals surface area contributed by atoms with Gasteiger partial charge in [-0.25, -0.2) is 4.79 Å². The van der Waals surface area contributed by atoms with E-state index in [2.05, 4.69) is 134 Å². The van der Waals surface area contributed by atoms with Gasteiger partial charge in [-0.3, -0.25) is 14.4 Å². The molecule has 0 aromatic carbocycles. The number of carboxylic acids is 1. The molecule has 2 atom stereocenters. The van der Waals surface area contributed by atoms with Crippen LogP contribution in [0, 0.1) is 0 Å². The van der Waals surface area contributed by atoms with Crippen LogP contribution in [0.25, 0.3) is 0 Å². The maximum atomic E-state index is 12.8. The summed E-state index contributed by atoms with van der Waals surface area (Å²) in [6.45, 7) is 3.23. The third kappa shape index (κ3) is 42.2. The summed E-state index contributed by atoms with van der Waals surface area (Å²) in [5, 5.41) is 22.6. The zero-order chi connectivity index (χ0) is 45.4. The van der Waals surface area contributed by atoms with Gasteiger partial charge in [0, 0.05) is 12.8 Å². The molecule has 0 fully saturated rings. The molecule has 0 aliphatic rings. The van der Waals surface area contributed by atoms with E-state index in [4.69, 9.17) is 14.9 Å². The lowest BCUT2D eigenvalue weighted by molar-refractivity contribution is -0.150. The van der Waals surface area contributed by atoms with Gasteiger partial charge >= 0.3 is 11.9 Å². The molecule has 9 nitrogen and oxygen atoms in total. The quantitative estimate of drug-likeness (QED) is 0.0272. The molecule has 0 saturated carbocycles. The van der Waals surface area contributed by atoms with E-state index in [0.29, 0.717) is 12.8 Å². The largest absolute Gasteiger partial charge is 0.480 e. The monoisotopic (exact) mass is 861 g/mol. The molecule has 9 heteroatoms. The van der Waals surface area contributed by atoms with E-state index in [1.807, 2.05) is 0 Å². The van der Waals surface area contributed by atoms with Gasteiger partial charge in [0.15, 0.2) is 0 Å². The van der Waals surface area contributed by atoms with Gasteiger partial charge in [0.05, 0.1) is 13.2 Å². The Hall–Kier alpha value is -4.50. The van der Waals surface area contributed by atoms with E-state index in [1.54, 1.807) is 0 Å². The summed E-state index contributed by atoms with van der Waals surface area (Å²) in [5.41, 5.74) is 0. The fourth-order valence-corrected chi connectivity index (χ4v) is 6.20. The van der Waals surface area contributed by atoms with Crippen LogP contribution in [0.5, 0.6) is 0 Å². The first-order chi connectivity index (χ1) is 30.3. The van der Waals surface area contributed by atoms with Crippen LogP contribution in [-0.2, 0) is 23.9 Å². The van der Waals surface area contributed by atoms with Crippen molar-refractivity contribution in [2.75, 3.05) is 13.2 Å². The second-order valence-electron chi connectivity index (χ2n) is 15.4. The van der Waals surface area contributed by atoms with Gasteiger partial charge in [-0.1, -0.05) is 149 Å². The Morgan fingerprint density at radius 1 is 0.484 bits per heavy atom. The molecule has 0 heterocycles. The Morgan fingerprint density at radius 3 is 1.34 bits per heavy atom. The molecule has 0 rings (SSSR count). The van der Waals surface area contributed by atoms with Crippen molar-refractivity contribution in [3.8, 4) is 0 Å². The lowest BCUT2D eigenvalue weighted by atomic mass is 10.0. The van der Waals surface area contributed by atoms with Gasteiger partial charge in [-0.05, 0) is 122 Å². The maximum absolute atomic E-state index is 12.8. The minimum atomic E-state index is -1.39. The van der Waals surface area contributed by atoms with Crippen molar-refractivity contribution in [3.63, 3.8) is 0 Å². The number of rotatable bonds is 41. The van der Waals surface area contributed by atoms with E-state index in [9.17, 15) is 19.2 Å². The van der Waals surface area contributed by atoms with Gasteiger partial charge in [0.1, 0.15) is 12.1 Å². The first kappa shape index (κ1) is 57.5. The molecule has 2 unspecified atom stereocenters. The number of carboxylic acid groups (broad SMARTS) is 1. The number of esters is 1.